The van der Waals surface area contributed by atoms with Gasteiger partial charge < -0.3 is 4.74 Å². The Labute approximate surface area is 84.6 Å². The summed E-state index contributed by atoms with van der Waals surface area (Å²) in [6.07, 6.45) is 7.13. The first-order valence-electron chi connectivity index (χ1n) is 5.73. The van der Waals surface area contributed by atoms with Gasteiger partial charge in [-0.1, -0.05) is 26.2 Å². The lowest BCUT2D eigenvalue weighted by Crippen LogP contribution is -2.47. The second-order valence-corrected chi connectivity index (χ2v) is 5.10. The normalized spacial score (nSPS) is 45.6. The maximum Gasteiger partial charge on any atom is 0.199 e. The molecule has 2 unspecified atom stereocenters. The first-order chi connectivity index (χ1) is 6.77. The molecule has 3 fully saturated rings. The zero-order valence-electron chi connectivity index (χ0n) is 8.75. The molecule has 0 N–H and O–H groups in total. The van der Waals surface area contributed by atoms with Crippen LogP contribution < -0.4 is 0 Å². The van der Waals surface area contributed by atoms with E-state index in [2.05, 4.69) is 6.92 Å². The number of ether oxygens (including phenoxy) is 1. The van der Waals surface area contributed by atoms with Gasteiger partial charge in [0.15, 0.2) is 6.29 Å². The highest BCUT2D eigenvalue weighted by Gasteiger charge is 2.63. The highest BCUT2D eigenvalue weighted by molar-refractivity contribution is 5.04. The summed E-state index contributed by atoms with van der Waals surface area (Å²) in [5.74, 6) is 0. The van der Waals surface area contributed by atoms with E-state index in [-0.39, 0.29) is 17.3 Å². The summed E-state index contributed by atoms with van der Waals surface area (Å²) >= 11 is 0. The Morgan fingerprint density at radius 1 is 1.07 bits per heavy atom. The van der Waals surface area contributed by atoms with Crippen LogP contribution in [0.4, 0.5) is 0 Å². The van der Waals surface area contributed by atoms with Crippen LogP contribution in [0.25, 0.3) is 0 Å². The summed E-state index contributed by atoms with van der Waals surface area (Å²) in [6.45, 7) is 3.09. The Morgan fingerprint density at radius 3 is 2.64 bits per heavy atom. The molecule has 1 spiro atoms. The van der Waals surface area contributed by atoms with E-state index in [9.17, 15) is 0 Å². The number of hydrogen-bond acceptors (Lipinski definition) is 3. The first kappa shape index (κ1) is 9.13. The summed E-state index contributed by atoms with van der Waals surface area (Å²) in [5, 5.41) is 0. The second-order valence-electron chi connectivity index (χ2n) is 5.10. The maximum absolute atomic E-state index is 5.63. The van der Waals surface area contributed by atoms with Crippen molar-refractivity contribution in [1.82, 2.24) is 0 Å². The van der Waals surface area contributed by atoms with Gasteiger partial charge in [-0.25, -0.2) is 9.78 Å². The maximum atomic E-state index is 5.63. The molecule has 2 saturated heterocycles. The van der Waals surface area contributed by atoms with Crippen molar-refractivity contribution in [3.63, 3.8) is 0 Å². The van der Waals surface area contributed by atoms with Crippen LogP contribution in [-0.4, -0.2) is 18.5 Å². The largest absolute Gasteiger partial charge is 0.349 e. The van der Waals surface area contributed by atoms with Crippen molar-refractivity contribution in [2.45, 2.75) is 57.3 Å². The average Bonchev–Trinajstić information content (AvgIpc) is 2.69. The molecular weight excluding hydrogens is 180 g/mol. The van der Waals surface area contributed by atoms with Crippen LogP contribution in [0.15, 0.2) is 0 Å². The van der Waals surface area contributed by atoms with Crippen LogP contribution in [0.1, 0.15) is 45.4 Å². The molecule has 0 aromatic carbocycles. The number of fused-ring (bicyclic) bond motifs is 2. The molecule has 3 aliphatic rings. The van der Waals surface area contributed by atoms with Gasteiger partial charge in [-0.3, -0.25) is 0 Å². The van der Waals surface area contributed by atoms with Crippen LogP contribution in [0.3, 0.4) is 0 Å². The molecule has 3 nitrogen and oxygen atoms in total. The standard InChI is InChI=1S/C11H18O3/c1-10-7-8-12-9(10)13-14-11(10)5-3-2-4-6-11/h9H,2-8H2,1H3. The van der Waals surface area contributed by atoms with Crippen molar-refractivity contribution in [2.75, 3.05) is 6.61 Å². The highest BCUT2D eigenvalue weighted by atomic mass is 17.2. The van der Waals surface area contributed by atoms with Crippen LogP contribution in [-0.2, 0) is 14.5 Å². The molecule has 2 atom stereocenters. The molecule has 0 radical (unpaired) electrons. The number of rotatable bonds is 0. The van der Waals surface area contributed by atoms with Crippen LogP contribution >= 0.6 is 0 Å². The minimum atomic E-state index is -0.111. The van der Waals surface area contributed by atoms with Crippen molar-refractivity contribution in [3.8, 4) is 0 Å². The molecule has 80 valence electrons. The summed E-state index contributed by atoms with van der Waals surface area (Å²) in [5.41, 5.74) is 0.0693. The predicted molar refractivity (Wildman–Crippen MR) is 50.5 cm³/mol. The lowest BCUT2D eigenvalue weighted by molar-refractivity contribution is -0.365. The molecule has 1 aliphatic carbocycles. The Morgan fingerprint density at radius 2 is 1.86 bits per heavy atom. The SMILES string of the molecule is CC12CCOC1OOC21CCCCC1. The molecule has 3 heteroatoms. The lowest BCUT2D eigenvalue weighted by Gasteiger charge is -2.40. The van der Waals surface area contributed by atoms with Gasteiger partial charge >= 0.3 is 0 Å². The fourth-order valence-electron chi connectivity index (χ4n) is 3.26. The molecule has 3 rings (SSSR count). The predicted octanol–water partition coefficient (Wildman–Crippen LogP) is 2.40. The third-order valence-corrected chi connectivity index (χ3v) is 4.41. The average molecular weight is 198 g/mol. The zero-order chi connectivity index (χ0) is 9.65. The molecule has 0 amide bonds. The van der Waals surface area contributed by atoms with Crippen LogP contribution in [0.2, 0.25) is 0 Å². The summed E-state index contributed by atoms with van der Waals surface area (Å²) in [4.78, 5) is 11.0. The molecule has 2 aliphatic heterocycles. The highest BCUT2D eigenvalue weighted by Crippen LogP contribution is 2.57. The van der Waals surface area contributed by atoms with Gasteiger partial charge in [0.25, 0.3) is 0 Å². The van der Waals surface area contributed by atoms with Crippen molar-refractivity contribution in [1.29, 1.82) is 0 Å². The lowest BCUT2D eigenvalue weighted by atomic mass is 9.65. The molecule has 14 heavy (non-hydrogen) atoms. The quantitative estimate of drug-likeness (QED) is 0.559. The molecule has 2 heterocycles. The Hall–Kier alpha value is -0.120. The van der Waals surface area contributed by atoms with Gasteiger partial charge in [0.2, 0.25) is 0 Å². The van der Waals surface area contributed by atoms with E-state index in [0.717, 1.165) is 25.9 Å². The van der Waals surface area contributed by atoms with Crippen molar-refractivity contribution in [2.24, 2.45) is 5.41 Å². The fourth-order valence-corrected chi connectivity index (χ4v) is 3.26. The second kappa shape index (κ2) is 2.94. The molecule has 0 aromatic heterocycles. The van der Waals surface area contributed by atoms with Gasteiger partial charge in [0, 0.05) is 0 Å². The molecule has 0 bridgehead atoms. The van der Waals surface area contributed by atoms with E-state index in [1.807, 2.05) is 0 Å². The fraction of sp³-hybridized carbons (Fsp3) is 1.00. The Kier molecular flexibility index (Phi) is 1.92. The third kappa shape index (κ3) is 0.980. The van der Waals surface area contributed by atoms with E-state index >= 15 is 0 Å². The van der Waals surface area contributed by atoms with Crippen LogP contribution in [0.5, 0.6) is 0 Å². The van der Waals surface area contributed by atoms with Gasteiger partial charge in [-0.15, -0.1) is 0 Å². The van der Waals surface area contributed by atoms with E-state index in [4.69, 9.17) is 14.5 Å². The smallest absolute Gasteiger partial charge is 0.199 e. The Balaban J connectivity index is 1.91. The first-order valence-corrected chi connectivity index (χ1v) is 5.73. The third-order valence-electron chi connectivity index (χ3n) is 4.41. The summed E-state index contributed by atoms with van der Waals surface area (Å²) in [6, 6.07) is 0. The molecule has 0 aromatic rings. The van der Waals surface area contributed by atoms with Gasteiger partial charge in [0.05, 0.1) is 12.0 Å². The van der Waals surface area contributed by atoms with Crippen molar-refractivity contribution < 1.29 is 14.5 Å². The van der Waals surface area contributed by atoms with E-state index in [1.54, 1.807) is 0 Å². The van der Waals surface area contributed by atoms with E-state index in [1.165, 1.54) is 19.3 Å². The topological polar surface area (TPSA) is 27.7 Å². The van der Waals surface area contributed by atoms with Crippen LogP contribution in [0, 0.1) is 5.41 Å². The summed E-state index contributed by atoms with van der Waals surface area (Å²) < 4.78 is 5.56. The minimum absolute atomic E-state index is 0.0353. The zero-order valence-corrected chi connectivity index (χ0v) is 8.75. The Bertz CT molecular complexity index is 229. The van der Waals surface area contributed by atoms with Gasteiger partial charge in [-0.2, -0.15) is 0 Å². The monoisotopic (exact) mass is 198 g/mol. The number of hydrogen-bond donors (Lipinski definition) is 0. The van der Waals surface area contributed by atoms with Gasteiger partial charge in [0.1, 0.15) is 5.60 Å². The van der Waals surface area contributed by atoms with E-state index < -0.39 is 0 Å². The van der Waals surface area contributed by atoms with E-state index in [0.29, 0.717) is 0 Å². The molecular formula is C11H18O3. The summed E-state index contributed by atoms with van der Waals surface area (Å²) in [7, 11) is 0. The minimum Gasteiger partial charge on any atom is -0.349 e. The van der Waals surface area contributed by atoms with Crippen molar-refractivity contribution >= 4 is 0 Å². The van der Waals surface area contributed by atoms with Gasteiger partial charge in [-0.05, 0) is 19.3 Å². The van der Waals surface area contributed by atoms with Crippen molar-refractivity contribution in [3.05, 3.63) is 0 Å². The molecule has 1 saturated carbocycles.